The maximum atomic E-state index is 5.88. The van der Waals surface area contributed by atoms with Crippen LogP contribution in [-0.4, -0.2) is 0 Å². The summed E-state index contributed by atoms with van der Waals surface area (Å²) in [6.07, 6.45) is 0. The molecule has 0 saturated heterocycles. The van der Waals surface area contributed by atoms with Crippen LogP contribution in [0.25, 0.3) is 21.9 Å². The van der Waals surface area contributed by atoms with Gasteiger partial charge >= 0.3 is 0 Å². The normalized spacial score (nSPS) is 11.3. The first-order valence-electron chi connectivity index (χ1n) is 5.13. The van der Waals surface area contributed by atoms with Crippen LogP contribution in [0.2, 0.25) is 0 Å². The highest BCUT2D eigenvalue weighted by atomic mass is 16.3. The summed E-state index contributed by atoms with van der Waals surface area (Å²) < 4.78 is 5.67. The molecule has 5 nitrogen and oxygen atoms in total. The molecule has 0 bridgehead atoms. The number of nitrogens with two attached hydrogens (primary N) is 4. The second kappa shape index (κ2) is 2.98. The van der Waals surface area contributed by atoms with Crippen molar-refractivity contribution >= 4 is 44.7 Å². The largest absolute Gasteiger partial charge is 0.452 e. The SMILES string of the molecule is Nc1ccc2c(oc3c(N)c(N)ccc32)c1N. The van der Waals surface area contributed by atoms with E-state index >= 15 is 0 Å². The van der Waals surface area contributed by atoms with Crippen molar-refractivity contribution in [2.45, 2.75) is 0 Å². The van der Waals surface area contributed by atoms with Crippen molar-refractivity contribution in [2.24, 2.45) is 0 Å². The maximum Gasteiger partial charge on any atom is 0.160 e. The Labute approximate surface area is 96.9 Å². The Morgan fingerprint density at radius 1 is 0.647 bits per heavy atom. The van der Waals surface area contributed by atoms with Gasteiger partial charge in [-0.05, 0) is 24.3 Å². The Bertz CT molecular complexity index is 683. The molecular formula is C12H12N4O. The maximum absolute atomic E-state index is 5.88. The van der Waals surface area contributed by atoms with Crippen molar-refractivity contribution in [3.05, 3.63) is 24.3 Å². The lowest BCUT2D eigenvalue weighted by Crippen LogP contribution is -1.93. The number of hydrogen-bond acceptors (Lipinski definition) is 5. The van der Waals surface area contributed by atoms with E-state index in [9.17, 15) is 0 Å². The highest BCUT2D eigenvalue weighted by Gasteiger charge is 2.14. The Kier molecular flexibility index (Phi) is 1.69. The first-order chi connectivity index (χ1) is 8.09. The summed E-state index contributed by atoms with van der Waals surface area (Å²) >= 11 is 0. The summed E-state index contributed by atoms with van der Waals surface area (Å²) in [6.45, 7) is 0. The number of anilines is 4. The molecule has 0 aliphatic carbocycles. The number of hydrogen-bond donors (Lipinski definition) is 4. The molecule has 1 aromatic heterocycles. The highest BCUT2D eigenvalue weighted by Crippen LogP contribution is 2.38. The van der Waals surface area contributed by atoms with Gasteiger partial charge in [-0.25, -0.2) is 0 Å². The molecule has 86 valence electrons. The van der Waals surface area contributed by atoms with Crippen LogP contribution in [0.3, 0.4) is 0 Å². The van der Waals surface area contributed by atoms with Gasteiger partial charge in [0.05, 0.1) is 22.7 Å². The van der Waals surface area contributed by atoms with Crippen molar-refractivity contribution in [3.63, 3.8) is 0 Å². The molecule has 0 spiro atoms. The van der Waals surface area contributed by atoms with Gasteiger partial charge in [0.25, 0.3) is 0 Å². The van der Waals surface area contributed by atoms with Crippen LogP contribution in [0.5, 0.6) is 0 Å². The Morgan fingerprint density at radius 2 is 1.06 bits per heavy atom. The summed E-state index contributed by atoms with van der Waals surface area (Å²) in [6, 6.07) is 7.23. The number of fused-ring (bicyclic) bond motifs is 3. The van der Waals surface area contributed by atoms with E-state index < -0.39 is 0 Å². The molecule has 1 heterocycles. The number of rotatable bonds is 0. The van der Waals surface area contributed by atoms with Crippen LogP contribution in [-0.2, 0) is 0 Å². The third-order valence-electron chi connectivity index (χ3n) is 2.95. The van der Waals surface area contributed by atoms with Crippen molar-refractivity contribution in [1.82, 2.24) is 0 Å². The van der Waals surface area contributed by atoms with Gasteiger partial charge in [0, 0.05) is 10.8 Å². The van der Waals surface area contributed by atoms with Crippen LogP contribution in [0, 0.1) is 0 Å². The predicted octanol–water partition coefficient (Wildman–Crippen LogP) is 1.91. The average Bonchev–Trinajstić information content (AvgIpc) is 2.69. The Hall–Kier alpha value is -2.56. The van der Waals surface area contributed by atoms with Gasteiger partial charge in [0.15, 0.2) is 11.2 Å². The van der Waals surface area contributed by atoms with Crippen LogP contribution in [0.4, 0.5) is 22.7 Å². The van der Waals surface area contributed by atoms with E-state index in [4.69, 9.17) is 27.4 Å². The van der Waals surface area contributed by atoms with E-state index in [1.807, 2.05) is 12.1 Å². The van der Waals surface area contributed by atoms with Gasteiger partial charge in [-0.3, -0.25) is 0 Å². The van der Waals surface area contributed by atoms with Gasteiger partial charge in [0.2, 0.25) is 0 Å². The monoisotopic (exact) mass is 228 g/mol. The molecule has 0 saturated carbocycles. The lowest BCUT2D eigenvalue weighted by molar-refractivity contribution is 0.672. The molecule has 3 rings (SSSR count). The molecule has 0 radical (unpaired) electrons. The number of benzene rings is 2. The van der Waals surface area contributed by atoms with Gasteiger partial charge in [-0.15, -0.1) is 0 Å². The molecule has 2 aromatic carbocycles. The fourth-order valence-electron chi connectivity index (χ4n) is 1.98. The van der Waals surface area contributed by atoms with Crippen LogP contribution in [0.1, 0.15) is 0 Å². The van der Waals surface area contributed by atoms with E-state index in [0.717, 1.165) is 10.8 Å². The van der Waals surface area contributed by atoms with E-state index in [1.165, 1.54) is 0 Å². The molecule has 5 heteroatoms. The van der Waals surface area contributed by atoms with Gasteiger partial charge in [0.1, 0.15) is 0 Å². The Morgan fingerprint density at radius 3 is 1.47 bits per heavy atom. The minimum atomic E-state index is 0.427. The van der Waals surface area contributed by atoms with Crippen molar-refractivity contribution in [1.29, 1.82) is 0 Å². The predicted molar refractivity (Wildman–Crippen MR) is 71.4 cm³/mol. The lowest BCUT2D eigenvalue weighted by atomic mass is 10.1. The zero-order chi connectivity index (χ0) is 12.2. The third kappa shape index (κ3) is 1.13. The van der Waals surface area contributed by atoms with E-state index in [0.29, 0.717) is 33.9 Å². The fourth-order valence-corrected chi connectivity index (χ4v) is 1.98. The van der Waals surface area contributed by atoms with Crippen molar-refractivity contribution in [3.8, 4) is 0 Å². The first kappa shape index (κ1) is 9.65. The molecule has 3 aromatic rings. The van der Waals surface area contributed by atoms with E-state index in [2.05, 4.69) is 0 Å². The minimum absolute atomic E-state index is 0.427. The summed E-state index contributed by atoms with van der Waals surface area (Å²) in [5.41, 5.74) is 26.2. The average molecular weight is 228 g/mol. The number of nitrogen functional groups attached to an aromatic ring is 4. The van der Waals surface area contributed by atoms with Crippen LogP contribution < -0.4 is 22.9 Å². The first-order valence-corrected chi connectivity index (χ1v) is 5.13. The molecule has 17 heavy (non-hydrogen) atoms. The van der Waals surface area contributed by atoms with Crippen LogP contribution in [0.15, 0.2) is 28.7 Å². The summed E-state index contributed by atoms with van der Waals surface area (Å²) in [4.78, 5) is 0. The second-order valence-corrected chi connectivity index (χ2v) is 3.99. The minimum Gasteiger partial charge on any atom is -0.452 e. The zero-order valence-corrected chi connectivity index (χ0v) is 9.03. The third-order valence-corrected chi connectivity index (χ3v) is 2.95. The fraction of sp³-hybridized carbons (Fsp3) is 0. The standard InChI is InChI=1S/C12H12N4O/c13-7-3-1-5-6-2-4-8(14)10(16)12(6)17-11(5)9(7)15/h1-4H,13-16H2. The van der Waals surface area contributed by atoms with Gasteiger partial charge in [-0.1, -0.05) is 0 Å². The van der Waals surface area contributed by atoms with Crippen LogP contribution >= 0.6 is 0 Å². The van der Waals surface area contributed by atoms with E-state index in [1.54, 1.807) is 12.1 Å². The van der Waals surface area contributed by atoms with E-state index in [-0.39, 0.29) is 0 Å². The molecule has 0 atom stereocenters. The quantitative estimate of drug-likeness (QED) is 0.438. The van der Waals surface area contributed by atoms with Gasteiger partial charge < -0.3 is 27.4 Å². The zero-order valence-electron chi connectivity index (χ0n) is 9.03. The molecule has 0 fully saturated rings. The second-order valence-electron chi connectivity index (χ2n) is 3.99. The molecule has 0 aliphatic rings. The lowest BCUT2D eigenvalue weighted by Gasteiger charge is -1.98. The summed E-state index contributed by atoms with van der Waals surface area (Å²) in [5.74, 6) is 0. The van der Waals surface area contributed by atoms with Gasteiger partial charge in [-0.2, -0.15) is 0 Å². The molecular weight excluding hydrogens is 216 g/mol. The summed E-state index contributed by atoms with van der Waals surface area (Å²) in [7, 11) is 0. The molecule has 0 unspecified atom stereocenters. The smallest absolute Gasteiger partial charge is 0.160 e. The highest BCUT2D eigenvalue weighted by molar-refractivity contribution is 6.14. The summed E-state index contributed by atoms with van der Waals surface area (Å²) in [5, 5.41) is 1.77. The Balaban J connectivity index is 2.58. The number of furan rings is 1. The topological polar surface area (TPSA) is 117 Å². The molecule has 0 aliphatic heterocycles. The molecule has 0 amide bonds. The molecule has 8 N–H and O–H groups in total. The van der Waals surface area contributed by atoms with Crippen molar-refractivity contribution < 1.29 is 4.42 Å². The van der Waals surface area contributed by atoms with Crippen molar-refractivity contribution in [2.75, 3.05) is 22.9 Å².